The Labute approximate surface area is 287 Å². The van der Waals surface area contributed by atoms with E-state index < -0.39 is 28.5 Å². The Morgan fingerprint density at radius 1 is 1.00 bits per heavy atom. The van der Waals surface area contributed by atoms with Crippen LogP contribution in [0.5, 0.6) is 0 Å². The van der Waals surface area contributed by atoms with E-state index in [1.807, 2.05) is 30.3 Å². The van der Waals surface area contributed by atoms with Crippen molar-refractivity contribution in [3.63, 3.8) is 0 Å². The number of likely N-dealkylation sites (tertiary alicyclic amines) is 1. The molecular weight excluding hydrogens is 668 g/mol. The molecule has 0 bridgehead atoms. The SMILES string of the molecule is CCOC(=O)N1C/C(=C\c2ccc(Cl)c(Cl)c2)C(=O)[C@@]2(C1)[C@H](c1ccc(Cl)c(Cl)c1)[C@@]1(C)CCCN1[C@]21C(=O)Nc2ccccc21. The molecule has 4 heterocycles. The average Bonchev–Trinajstić information content (AvgIpc) is 3.61. The van der Waals surface area contributed by atoms with Crippen LogP contribution in [0.4, 0.5) is 10.5 Å². The van der Waals surface area contributed by atoms with Crippen molar-refractivity contribution in [2.24, 2.45) is 5.41 Å². The maximum Gasteiger partial charge on any atom is 0.410 e. The normalized spacial score (nSPS) is 29.5. The van der Waals surface area contributed by atoms with Gasteiger partial charge in [0.1, 0.15) is 5.54 Å². The topological polar surface area (TPSA) is 79.0 Å². The Morgan fingerprint density at radius 3 is 2.43 bits per heavy atom. The fourth-order valence-corrected chi connectivity index (χ4v) is 9.47. The number of piperidine rings is 1. The summed E-state index contributed by atoms with van der Waals surface area (Å²) in [7, 11) is 0. The summed E-state index contributed by atoms with van der Waals surface area (Å²) in [6.45, 7) is 4.53. The van der Waals surface area contributed by atoms with Gasteiger partial charge >= 0.3 is 6.09 Å². The Balaban J connectivity index is 1.58. The van der Waals surface area contributed by atoms with Crippen molar-refractivity contribution in [3.8, 4) is 0 Å². The summed E-state index contributed by atoms with van der Waals surface area (Å²) in [5, 5.41) is 4.57. The van der Waals surface area contributed by atoms with Crippen LogP contribution in [-0.4, -0.2) is 59.4 Å². The molecule has 3 saturated heterocycles. The minimum Gasteiger partial charge on any atom is -0.450 e. The lowest BCUT2D eigenvalue weighted by Gasteiger charge is -2.51. The molecule has 4 atom stereocenters. The third-order valence-electron chi connectivity index (χ3n) is 10.3. The van der Waals surface area contributed by atoms with Crippen LogP contribution in [0.15, 0.2) is 66.2 Å². The first-order valence-corrected chi connectivity index (χ1v) is 16.8. The van der Waals surface area contributed by atoms with Gasteiger partial charge < -0.3 is 15.0 Å². The Hall–Kier alpha value is -3.07. The molecule has 4 aliphatic rings. The number of carbonyl (C=O) groups is 3. The number of rotatable bonds is 3. The molecule has 4 aliphatic heterocycles. The molecule has 3 aromatic rings. The zero-order valence-corrected chi connectivity index (χ0v) is 28.2. The van der Waals surface area contributed by atoms with E-state index in [-0.39, 0.29) is 31.4 Å². The van der Waals surface area contributed by atoms with E-state index in [9.17, 15) is 9.59 Å². The van der Waals surface area contributed by atoms with E-state index >= 15 is 4.79 Å². The van der Waals surface area contributed by atoms with Gasteiger partial charge in [-0.1, -0.05) is 76.7 Å². The van der Waals surface area contributed by atoms with Gasteiger partial charge in [-0.2, -0.15) is 0 Å². The molecule has 7 rings (SSSR count). The predicted octanol–water partition coefficient (Wildman–Crippen LogP) is 8.21. The van der Waals surface area contributed by atoms with E-state index in [2.05, 4.69) is 17.1 Å². The second-order valence-corrected chi connectivity index (χ2v) is 14.3. The monoisotopic (exact) mass is 697 g/mol. The molecule has 0 unspecified atom stereocenters. The summed E-state index contributed by atoms with van der Waals surface area (Å²) in [5.74, 6) is -1.09. The second kappa shape index (κ2) is 11.3. The molecule has 0 aromatic heterocycles. The number of amides is 2. The predicted molar refractivity (Wildman–Crippen MR) is 181 cm³/mol. The minimum absolute atomic E-state index is 0.0101. The van der Waals surface area contributed by atoms with Gasteiger partial charge in [0.05, 0.1) is 38.7 Å². The minimum atomic E-state index is -1.50. The van der Waals surface area contributed by atoms with Gasteiger partial charge in [-0.3, -0.25) is 14.5 Å². The molecule has 2 amide bonds. The standard InChI is InChI=1S/C35H31Cl4N3O4/c1-3-46-32(45)41-18-22(15-20-9-11-24(36)26(38)16-20)30(43)34(19-41)29(21-10-12-25(37)27(39)17-21)33(2)13-6-14-42(33)35(34)23-7-4-5-8-28(23)40-31(35)44/h4-5,7-12,15-17,29H,3,6,13-14,18-19H2,1-2H3,(H,40,44)/b22-15+/t29-,33-,34-,35-/m1/s1. The molecule has 11 heteroatoms. The number of Topliss-reactive ketones (excluding diaryl/α,β-unsaturated/α-hetero) is 1. The molecule has 3 fully saturated rings. The molecule has 238 valence electrons. The van der Waals surface area contributed by atoms with Gasteiger partial charge in [0, 0.05) is 41.4 Å². The van der Waals surface area contributed by atoms with Crippen LogP contribution in [0, 0.1) is 5.41 Å². The zero-order chi connectivity index (χ0) is 32.6. The summed E-state index contributed by atoms with van der Waals surface area (Å²) in [4.78, 5) is 48.0. The lowest BCUT2D eigenvalue weighted by atomic mass is 9.53. The van der Waals surface area contributed by atoms with Gasteiger partial charge in [-0.15, -0.1) is 0 Å². The highest BCUT2D eigenvalue weighted by Gasteiger charge is 2.81. The number of carbonyl (C=O) groups excluding carboxylic acids is 3. The van der Waals surface area contributed by atoms with Crippen molar-refractivity contribution in [3.05, 3.63) is 103 Å². The van der Waals surface area contributed by atoms with E-state index in [1.165, 1.54) is 0 Å². The maximum atomic E-state index is 15.7. The Kier molecular flexibility index (Phi) is 7.73. The van der Waals surface area contributed by atoms with E-state index in [0.717, 1.165) is 18.4 Å². The zero-order valence-electron chi connectivity index (χ0n) is 25.2. The molecule has 1 N–H and O–H groups in total. The number of fused-ring (bicyclic) bond motifs is 5. The van der Waals surface area contributed by atoms with Crippen molar-refractivity contribution in [2.75, 3.05) is 31.6 Å². The highest BCUT2D eigenvalue weighted by atomic mass is 35.5. The number of halogens is 4. The molecule has 0 saturated carbocycles. The number of nitrogens with one attached hydrogen (secondary N) is 1. The number of benzene rings is 3. The first-order chi connectivity index (χ1) is 22.0. The van der Waals surface area contributed by atoms with Crippen LogP contribution in [0.3, 0.4) is 0 Å². The number of para-hydroxylation sites is 1. The number of hydrogen-bond donors (Lipinski definition) is 1. The highest BCUT2D eigenvalue weighted by Crippen LogP contribution is 2.72. The van der Waals surface area contributed by atoms with Crippen molar-refractivity contribution in [1.29, 1.82) is 0 Å². The van der Waals surface area contributed by atoms with E-state index in [0.29, 0.717) is 49.0 Å². The fourth-order valence-electron chi connectivity index (χ4n) is 8.86. The largest absolute Gasteiger partial charge is 0.450 e. The van der Waals surface area contributed by atoms with Crippen LogP contribution < -0.4 is 5.32 Å². The summed E-state index contributed by atoms with van der Waals surface area (Å²) >= 11 is 25.7. The number of ketones is 1. The van der Waals surface area contributed by atoms with Crippen molar-refractivity contribution in [1.82, 2.24) is 9.80 Å². The molecule has 2 spiro atoms. The molecule has 0 radical (unpaired) electrons. The summed E-state index contributed by atoms with van der Waals surface area (Å²) < 4.78 is 5.55. The fraction of sp³-hybridized carbons (Fsp3) is 0.343. The summed E-state index contributed by atoms with van der Waals surface area (Å²) in [6.07, 6.45) is 2.71. The molecule has 3 aromatic carbocycles. The van der Waals surface area contributed by atoms with Crippen LogP contribution >= 0.6 is 46.4 Å². The van der Waals surface area contributed by atoms with Crippen molar-refractivity contribution < 1.29 is 19.1 Å². The lowest BCUT2D eigenvalue weighted by molar-refractivity contribution is -0.147. The van der Waals surface area contributed by atoms with Gasteiger partial charge in [0.25, 0.3) is 5.91 Å². The average molecular weight is 699 g/mol. The van der Waals surface area contributed by atoms with Crippen LogP contribution in [0.2, 0.25) is 20.1 Å². The first kappa shape index (κ1) is 31.5. The number of ether oxygens (including phenoxy) is 1. The van der Waals surface area contributed by atoms with Crippen LogP contribution in [-0.2, 0) is 19.9 Å². The van der Waals surface area contributed by atoms with Crippen molar-refractivity contribution >= 4 is 76.0 Å². The highest BCUT2D eigenvalue weighted by molar-refractivity contribution is 6.42. The van der Waals surface area contributed by atoms with Crippen LogP contribution in [0.25, 0.3) is 6.08 Å². The lowest BCUT2D eigenvalue weighted by Crippen LogP contribution is -2.66. The molecule has 0 aliphatic carbocycles. The smallest absolute Gasteiger partial charge is 0.410 e. The summed E-state index contributed by atoms with van der Waals surface area (Å²) in [5.41, 5.74) is -0.507. The number of nitrogens with zero attached hydrogens (tertiary/aromatic N) is 2. The van der Waals surface area contributed by atoms with E-state index in [4.69, 9.17) is 51.1 Å². The molecular formula is C35H31Cl4N3O4. The quantitative estimate of drug-likeness (QED) is 0.279. The van der Waals surface area contributed by atoms with Crippen molar-refractivity contribution in [2.45, 2.75) is 43.7 Å². The van der Waals surface area contributed by atoms with Gasteiger partial charge in [0.2, 0.25) is 0 Å². The van der Waals surface area contributed by atoms with Gasteiger partial charge in [-0.25, -0.2) is 4.79 Å². The second-order valence-electron chi connectivity index (χ2n) is 12.6. The number of anilines is 1. The van der Waals surface area contributed by atoms with Crippen LogP contribution in [0.1, 0.15) is 49.3 Å². The number of hydrogen-bond acceptors (Lipinski definition) is 5. The van der Waals surface area contributed by atoms with Gasteiger partial charge in [-0.05, 0) is 74.2 Å². The Morgan fingerprint density at radius 2 is 1.72 bits per heavy atom. The first-order valence-electron chi connectivity index (χ1n) is 15.2. The third kappa shape index (κ3) is 4.25. The third-order valence-corrected chi connectivity index (χ3v) is 11.8. The molecule has 7 nitrogen and oxygen atoms in total. The van der Waals surface area contributed by atoms with Gasteiger partial charge in [0.15, 0.2) is 5.78 Å². The molecule has 46 heavy (non-hydrogen) atoms. The maximum absolute atomic E-state index is 15.7. The van der Waals surface area contributed by atoms with E-state index in [1.54, 1.807) is 48.2 Å². The summed E-state index contributed by atoms with van der Waals surface area (Å²) in [6, 6.07) is 18.1. The Bertz CT molecular complexity index is 1850.